The highest BCUT2D eigenvalue weighted by atomic mass is 35.5. The summed E-state index contributed by atoms with van der Waals surface area (Å²) < 4.78 is 1.73. The van der Waals surface area contributed by atoms with Crippen molar-refractivity contribution in [2.24, 2.45) is 9.98 Å². The van der Waals surface area contributed by atoms with E-state index in [4.69, 9.17) is 16.6 Å². The Balaban J connectivity index is 1.90. The first-order valence-electron chi connectivity index (χ1n) is 9.09. The number of fused-ring (bicyclic) bond motifs is 3. The summed E-state index contributed by atoms with van der Waals surface area (Å²) in [4.78, 5) is 13.9. The van der Waals surface area contributed by atoms with Crippen LogP contribution in [0, 0.1) is 0 Å². The number of aromatic nitrogens is 2. The molecule has 0 aliphatic carbocycles. The van der Waals surface area contributed by atoms with Gasteiger partial charge in [0, 0.05) is 16.1 Å². The number of aliphatic imine (C=N–C) groups is 2. The Morgan fingerprint density at radius 1 is 1.14 bits per heavy atom. The van der Waals surface area contributed by atoms with E-state index in [9.17, 15) is 5.11 Å². The molecule has 5 nitrogen and oxygen atoms in total. The van der Waals surface area contributed by atoms with E-state index in [-0.39, 0.29) is 11.4 Å². The van der Waals surface area contributed by atoms with Crippen LogP contribution in [0.15, 0.2) is 58.5 Å². The van der Waals surface area contributed by atoms with Crippen LogP contribution in [0.5, 0.6) is 5.88 Å². The molecular weight excluding hydrogens is 372 g/mol. The Morgan fingerprint density at radius 3 is 2.61 bits per heavy atom. The fraction of sp³-hybridized carbons (Fsp3) is 0.227. The lowest BCUT2D eigenvalue weighted by Crippen LogP contribution is -2.09. The topological polar surface area (TPSA) is 62.8 Å². The zero-order valence-corrected chi connectivity index (χ0v) is 16.8. The van der Waals surface area contributed by atoms with Crippen molar-refractivity contribution in [3.63, 3.8) is 0 Å². The Morgan fingerprint density at radius 2 is 1.89 bits per heavy atom. The third kappa shape index (κ3) is 3.45. The lowest BCUT2D eigenvalue weighted by atomic mass is 10.0. The Bertz CT molecular complexity index is 1090. The van der Waals surface area contributed by atoms with Gasteiger partial charge in [0.2, 0.25) is 5.88 Å². The van der Waals surface area contributed by atoms with Gasteiger partial charge >= 0.3 is 0 Å². The summed E-state index contributed by atoms with van der Waals surface area (Å²) >= 11 is 6.29. The Hall–Kier alpha value is -2.92. The second kappa shape index (κ2) is 6.91. The van der Waals surface area contributed by atoms with Crippen molar-refractivity contribution < 1.29 is 5.11 Å². The van der Waals surface area contributed by atoms with Gasteiger partial charge in [-0.25, -0.2) is 4.98 Å². The predicted octanol–water partition coefficient (Wildman–Crippen LogP) is 4.80. The van der Waals surface area contributed by atoms with E-state index in [0.717, 1.165) is 22.5 Å². The van der Waals surface area contributed by atoms with Gasteiger partial charge in [-0.3, -0.25) is 14.6 Å². The van der Waals surface area contributed by atoms with Crippen molar-refractivity contribution in [3.8, 4) is 11.6 Å². The summed E-state index contributed by atoms with van der Waals surface area (Å²) in [6.45, 7) is 6.33. The molecule has 2 aromatic carbocycles. The molecule has 0 radical (unpaired) electrons. The van der Waals surface area contributed by atoms with Crippen LogP contribution in [0.2, 0.25) is 5.02 Å². The first-order valence-corrected chi connectivity index (χ1v) is 9.47. The van der Waals surface area contributed by atoms with Gasteiger partial charge in [-0.1, -0.05) is 41.9 Å². The molecular formula is C22H21ClN4O. The number of benzene rings is 2. The molecule has 0 saturated carbocycles. The highest BCUT2D eigenvalue weighted by molar-refractivity contribution is 6.31. The molecule has 0 bridgehead atoms. The normalized spacial score (nSPS) is 13.8. The summed E-state index contributed by atoms with van der Waals surface area (Å²) in [6, 6.07) is 15.5. The van der Waals surface area contributed by atoms with Crippen LogP contribution >= 0.6 is 11.6 Å². The highest BCUT2D eigenvalue weighted by Crippen LogP contribution is 2.32. The number of imidazole rings is 1. The van der Waals surface area contributed by atoms with Gasteiger partial charge in [0.1, 0.15) is 11.5 Å². The average Bonchev–Trinajstić information content (AvgIpc) is 2.87. The van der Waals surface area contributed by atoms with Crippen molar-refractivity contribution in [1.82, 2.24) is 9.55 Å². The standard InChI is InChI=1S/C22H21ClN4O/c1-22(2,3)25-12-17-21(28)27-18-10-9-15(23)11-16(18)20(24-13-19(27)26-17)14-7-5-4-6-8-14/h4-12,28H,13H2,1-3H3. The summed E-state index contributed by atoms with van der Waals surface area (Å²) in [6.07, 6.45) is 1.62. The van der Waals surface area contributed by atoms with Crippen molar-refractivity contribution in [2.45, 2.75) is 32.9 Å². The fourth-order valence-electron chi connectivity index (χ4n) is 3.15. The van der Waals surface area contributed by atoms with Crippen molar-refractivity contribution in [2.75, 3.05) is 0 Å². The fourth-order valence-corrected chi connectivity index (χ4v) is 3.32. The highest BCUT2D eigenvalue weighted by Gasteiger charge is 2.24. The van der Waals surface area contributed by atoms with Crippen LogP contribution in [0.4, 0.5) is 0 Å². The Kier molecular flexibility index (Phi) is 4.55. The third-order valence-corrected chi connectivity index (χ3v) is 4.64. The minimum Gasteiger partial charge on any atom is -0.493 e. The van der Waals surface area contributed by atoms with E-state index in [0.29, 0.717) is 23.1 Å². The van der Waals surface area contributed by atoms with Gasteiger partial charge in [0.05, 0.1) is 29.7 Å². The molecule has 6 heteroatoms. The maximum atomic E-state index is 10.9. The first kappa shape index (κ1) is 18.4. The van der Waals surface area contributed by atoms with Crippen LogP contribution < -0.4 is 0 Å². The van der Waals surface area contributed by atoms with Crippen molar-refractivity contribution >= 4 is 23.5 Å². The molecule has 0 saturated heterocycles. The maximum Gasteiger partial charge on any atom is 0.225 e. The van der Waals surface area contributed by atoms with Crippen molar-refractivity contribution in [3.05, 3.63) is 76.2 Å². The van der Waals surface area contributed by atoms with Crippen LogP contribution in [0.3, 0.4) is 0 Å². The summed E-state index contributed by atoms with van der Waals surface area (Å²) in [5.74, 6) is 0.707. The second-order valence-electron chi connectivity index (χ2n) is 7.69. The zero-order chi connectivity index (χ0) is 19.9. The Labute approximate surface area is 169 Å². The van der Waals surface area contributed by atoms with E-state index in [2.05, 4.69) is 9.98 Å². The predicted molar refractivity (Wildman–Crippen MR) is 113 cm³/mol. The monoisotopic (exact) mass is 392 g/mol. The van der Waals surface area contributed by atoms with Crippen LogP contribution in [-0.4, -0.2) is 32.1 Å². The molecule has 0 spiro atoms. The summed E-state index contributed by atoms with van der Waals surface area (Å²) in [5.41, 5.74) is 3.64. The van der Waals surface area contributed by atoms with E-state index in [1.165, 1.54) is 0 Å². The minimum atomic E-state index is -0.252. The zero-order valence-electron chi connectivity index (χ0n) is 16.0. The number of halogens is 1. The lowest BCUT2D eigenvalue weighted by Gasteiger charge is -2.13. The van der Waals surface area contributed by atoms with Crippen molar-refractivity contribution in [1.29, 1.82) is 0 Å². The second-order valence-corrected chi connectivity index (χ2v) is 8.13. The molecule has 1 aliphatic heterocycles. The largest absolute Gasteiger partial charge is 0.493 e. The van der Waals surface area contributed by atoms with E-state index < -0.39 is 0 Å². The minimum absolute atomic E-state index is 0.0519. The number of rotatable bonds is 2. The van der Waals surface area contributed by atoms with Gasteiger partial charge in [-0.15, -0.1) is 0 Å². The van der Waals surface area contributed by atoms with Crippen LogP contribution in [-0.2, 0) is 6.54 Å². The molecule has 0 amide bonds. The van der Waals surface area contributed by atoms with E-state index in [1.54, 1.807) is 16.8 Å². The van der Waals surface area contributed by atoms with Gasteiger partial charge in [-0.05, 0) is 39.0 Å². The average molecular weight is 393 g/mol. The number of hydrogen-bond acceptors (Lipinski definition) is 4. The molecule has 1 aromatic heterocycles. The molecule has 0 unspecified atom stereocenters. The van der Waals surface area contributed by atoms with Gasteiger partial charge in [-0.2, -0.15) is 0 Å². The maximum absolute atomic E-state index is 10.9. The number of aromatic hydroxyl groups is 1. The molecule has 4 rings (SSSR count). The quantitative estimate of drug-likeness (QED) is 0.636. The summed E-state index contributed by atoms with van der Waals surface area (Å²) in [7, 11) is 0. The lowest BCUT2D eigenvalue weighted by molar-refractivity contribution is 0.439. The van der Waals surface area contributed by atoms with Gasteiger partial charge in [0.15, 0.2) is 0 Å². The van der Waals surface area contributed by atoms with Gasteiger partial charge in [0.25, 0.3) is 0 Å². The first-order chi connectivity index (χ1) is 13.3. The van der Waals surface area contributed by atoms with E-state index >= 15 is 0 Å². The molecule has 2 heterocycles. The SMILES string of the molecule is CC(C)(C)N=Cc1nc2n(c1O)-c1ccc(Cl)cc1C(c1ccccc1)=NC2. The molecule has 28 heavy (non-hydrogen) atoms. The molecule has 0 atom stereocenters. The summed E-state index contributed by atoms with van der Waals surface area (Å²) in [5, 5.41) is 11.5. The molecule has 1 aliphatic rings. The van der Waals surface area contributed by atoms with E-state index in [1.807, 2.05) is 63.2 Å². The molecule has 0 fully saturated rings. The smallest absolute Gasteiger partial charge is 0.225 e. The molecule has 1 N–H and O–H groups in total. The number of hydrogen-bond donors (Lipinski definition) is 1. The molecule has 142 valence electrons. The van der Waals surface area contributed by atoms with Crippen LogP contribution in [0.1, 0.15) is 43.4 Å². The van der Waals surface area contributed by atoms with Gasteiger partial charge < -0.3 is 5.11 Å². The number of nitrogens with zero attached hydrogens (tertiary/aromatic N) is 4. The third-order valence-electron chi connectivity index (χ3n) is 4.40. The van der Waals surface area contributed by atoms with Crippen LogP contribution in [0.25, 0.3) is 5.69 Å². The molecule has 3 aromatic rings.